The first-order valence-electron chi connectivity index (χ1n) is 10.1. The van der Waals surface area contributed by atoms with Gasteiger partial charge in [-0.3, -0.25) is 9.59 Å². The maximum absolute atomic E-state index is 12.2. The van der Waals surface area contributed by atoms with Crippen LogP contribution in [0.15, 0.2) is 64.0 Å². The number of rotatable bonds is 7. The van der Waals surface area contributed by atoms with Gasteiger partial charge in [0, 0.05) is 32.2 Å². The quantitative estimate of drug-likeness (QED) is 0.615. The van der Waals surface area contributed by atoms with Gasteiger partial charge in [-0.15, -0.1) is 0 Å². The Bertz CT molecular complexity index is 1070. The van der Waals surface area contributed by atoms with Gasteiger partial charge in [-0.2, -0.15) is 5.10 Å². The molecule has 0 bridgehead atoms. The zero-order valence-corrected chi connectivity index (χ0v) is 17.4. The molecule has 4 rings (SSSR count). The molecule has 0 radical (unpaired) electrons. The van der Waals surface area contributed by atoms with Crippen LogP contribution in [0.1, 0.15) is 5.76 Å². The van der Waals surface area contributed by atoms with Crippen molar-refractivity contribution in [2.24, 2.45) is 0 Å². The zero-order chi connectivity index (χ0) is 21.6. The van der Waals surface area contributed by atoms with Gasteiger partial charge in [-0.05, 0) is 30.3 Å². The number of anilines is 2. The molecule has 1 amide bonds. The van der Waals surface area contributed by atoms with E-state index in [1.165, 1.54) is 10.7 Å². The standard InChI is InChI=1S/C22H25N5O4/c1-30-19-7-3-2-6-18(19)25-10-12-26(13-11-25)20-8-9-22(29)27(24-20)16-21(28)23-15-17-5-4-14-31-17/h2-9,14H,10-13,15-16H2,1H3,(H,23,28). The Balaban J connectivity index is 1.38. The minimum absolute atomic E-state index is 0.144. The minimum Gasteiger partial charge on any atom is -0.495 e. The molecular formula is C22H25N5O4. The van der Waals surface area contributed by atoms with Crippen molar-refractivity contribution in [2.75, 3.05) is 43.1 Å². The molecule has 0 spiro atoms. The summed E-state index contributed by atoms with van der Waals surface area (Å²) in [4.78, 5) is 28.8. The van der Waals surface area contributed by atoms with E-state index in [-0.39, 0.29) is 24.6 Å². The van der Waals surface area contributed by atoms with Crippen molar-refractivity contribution in [1.82, 2.24) is 15.1 Å². The first-order valence-corrected chi connectivity index (χ1v) is 10.1. The number of carbonyl (C=O) groups is 1. The van der Waals surface area contributed by atoms with E-state index < -0.39 is 0 Å². The van der Waals surface area contributed by atoms with Crippen LogP contribution in [-0.2, 0) is 17.9 Å². The predicted molar refractivity (Wildman–Crippen MR) is 116 cm³/mol. The number of piperazine rings is 1. The van der Waals surface area contributed by atoms with E-state index >= 15 is 0 Å². The second kappa shape index (κ2) is 9.38. The van der Waals surface area contributed by atoms with Gasteiger partial charge in [0.2, 0.25) is 5.91 Å². The van der Waals surface area contributed by atoms with Crippen LogP contribution in [0.25, 0.3) is 0 Å². The molecule has 1 fully saturated rings. The third-order valence-corrected chi connectivity index (χ3v) is 5.22. The molecule has 0 atom stereocenters. The van der Waals surface area contributed by atoms with Crippen molar-refractivity contribution in [2.45, 2.75) is 13.1 Å². The SMILES string of the molecule is COc1ccccc1N1CCN(c2ccc(=O)n(CC(=O)NCc3ccco3)n2)CC1. The second-order valence-corrected chi connectivity index (χ2v) is 7.19. The number of para-hydroxylation sites is 2. The highest BCUT2D eigenvalue weighted by molar-refractivity contribution is 5.75. The number of aromatic nitrogens is 2. The van der Waals surface area contributed by atoms with Crippen molar-refractivity contribution in [3.05, 3.63) is 70.9 Å². The van der Waals surface area contributed by atoms with Crippen LogP contribution in [0.2, 0.25) is 0 Å². The highest BCUT2D eigenvalue weighted by Gasteiger charge is 2.21. The fraction of sp³-hybridized carbons (Fsp3) is 0.318. The average molecular weight is 423 g/mol. The Kier molecular flexibility index (Phi) is 6.21. The summed E-state index contributed by atoms with van der Waals surface area (Å²) < 4.78 is 11.9. The van der Waals surface area contributed by atoms with Crippen molar-refractivity contribution >= 4 is 17.4 Å². The van der Waals surface area contributed by atoms with Crippen LogP contribution in [-0.4, -0.2) is 49.0 Å². The Labute approximate surface area is 179 Å². The average Bonchev–Trinajstić information content (AvgIpc) is 3.33. The summed E-state index contributed by atoms with van der Waals surface area (Å²) in [5, 5.41) is 7.15. The predicted octanol–water partition coefficient (Wildman–Crippen LogP) is 1.49. The van der Waals surface area contributed by atoms with Crippen molar-refractivity contribution < 1.29 is 13.9 Å². The second-order valence-electron chi connectivity index (χ2n) is 7.19. The molecule has 2 aromatic heterocycles. The van der Waals surface area contributed by atoms with Crippen molar-refractivity contribution in [3.8, 4) is 5.75 Å². The Morgan fingerprint density at radius 1 is 1.06 bits per heavy atom. The number of carbonyl (C=O) groups excluding carboxylic acids is 1. The van der Waals surface area contributed by atoms with Crippen LogP contribution in [0.4, 0.5) is 11.5 Å². The normalized spacial score (nSPS) is 13.8. The van der Waals surface area contributed by atoms with E-state index in [1.807, 2.05) is 24.3 Å². The monoisotopic (exact) mass is 423 g/mol. The molecule has 162 valence electrons. The molecule has 1 aliphatic rings. The molecule has 9 nitrogen and oxygen atoms in total. The van der Waals surface area contributed by atoms with Gasteiger partial charge >= 0.3 is 0 Å². The Hall–Kier alpha value is -3.75. The van der Waals surface area contributed by atoms with Crippen LogP contribution in [0.5, 0.6) is 5.75 Å². The number of nitrogens with one attached hydrogen (secondary N) is 1. The fourth-order valence-corrected chi connectivity index (χ4v) is 3.58. The van der Waals surface area contributed by atoms with Crippen LogP contribution >= 0.6 is 0 Å². The summed E-state index contributed by atoms with van der Waals surface area (Å²) >= 11 is 0. The largest absolute Gasteiger partial charge is 0.495 e. The van der Waals surface area contributed by atoms with E-state index in [2.05, 4.69) is 20.2 Å². The lowest BCUT2D eigenvalue weighted by molar-refractivity contribution is -0.122. The minimum atomic E-state index is -0.315. The van der Waals surface area contributed by atoms with Gasteiger partial charge in [0.1, 0.15) is 23.9 Å². The first-order chi connectivity index (χ1) is 15.1. The van der Waals surface area contributed by atoms with Gasteiger partial charge in [0.05, 0.1) is 25.6 Å². The van der Waals surface area contributed by atoms with E-state index in [9.17, 15) is 9.59 Å². The van der Waals surface area contributed by atoms with E-state index in [1.54, 1.807) is 31.6 Å². The number of furan rings is 1. The van der Waals surface area contributed by atoms with E-state index in [0.29, 0.717) is 11.6 Å². The van der Waals surface area contributed by atoms with E-state index in [4.69, 9.17) is 9.15 Å². The molecule has 1 saturated heterocycles. The molecule has 0 aliphatic carbocycles. The van der Waals surface area contributed by atoms with Crippen LogP contribution in [0.3, 0.4) is 0 Å². The molecule has 1 N–H and O–H groups in total. The first kappa shape index (κ1) is 20.5. The summed E-state index contributed by atoms with van der Waals surface area (Å²) in [7, 11) is 1.67. The van der Waals surface area contributed by atoms with Gasteiger partial charge in [0.25, 0.3) is 5.56 Å². The summed E-state index contributed by atoms with van der Waals surface area (Å²) in [5.41, 5.74) is 0.750. The smallest absolute Gasteiger partial charge is 0.267 e. The lowest BCUT2D eigenvalue weighted by Gasteiger charge is -2.37. The summed E-state index contributed by atoms with van der Waals surface area (Å²) in [6, 6.07) is 14.6. The highest BCUT2D eigenvalue weighted by Crippen LogP contribution is 2.28. The van der Waals surface area contributed by atoms with Gasteiger partial charge in [-0.1, -0.05) is 12.1 Å². The lowest BCUT2D eigenvalue weighted by atomic mass is 10.2. The highest BCUT2D eigenvalue weighted by atomic mass is 16.5. The van der Waals surface area contributed by atoms with E-state index in [0.717, 1.165) is 37.6 Å². The molecule has 1 aliphatic heterocycles. The number of hydrogen-bond acceptors (Lipinski definition) is 7. The Morgan fingerprint density at radius 3 is 2.58 bits per heavy atom. The summed E-state index contributed by atoms with van der Waals surface area (Å²) in [5.74, 6) is 1.88. The molecule has 31 heavy (non-hydrogen) atoms. The van der Waals surface area contributed by atoms with Gasteiger partial charge < -0.3 is 24.3 Å². The summed E-state index contributed by atoms with van der Waals surface area (Å²) in [6.45, 7) is 3.21. The van der Waals surface area contributed by atoms with Gasteiger partial charge in [-0.25, -0.2) is 4.68 Å². The van der Waals surface area contributed by atoms with Crippen LogP contribution < -0.4 is 25.4 Å². The molecule has 0 unspecified atom stereocenters. The molecule has 0 saturated carbocycles. The molecule has 1 aromatic carbocycles. The summed E-state index contributed by atoms with van der Waals surface area (Å²) in [6.07, 6.45) is 1.55. The lowest BCUT2D eigenvalue weighted by Crippen LogP contribution is -2.47. The molecule has 9 heteroatoms. The van der Waals surface area contributed by atoms with Crippen molar-refractivity contribution in [1.29, 1.82) is 0 Å². The number of hydrogen-bond donors (Lipinski definition) is 1. The molecule has 3 aromatic rings. The Morgan fingerprint density at radius 2 is 1.84 bits per heavy atom. The van der Waals surface area contributed by atoms with Crippen LogP contribution in [0, 0.1) is 0 Å². The third-order valence-electron chi connectivity index (χ3n) is 5.22. The topological polar surface area (TPSA) is 92.8 Å². The number of methoxy groups -OCH3 is 1. The number of amides is 1. The number of benzene rings is 1. The number of nitrogens with zero attached hydrogens (tertiary/aromatic N) is 4. The van der Waals surface area contributed by atoms with Crippen molar-refractivity contribution in [3.63, 3.8) is 0 Å². The fourth-order valence-electron chi connectivity index (χ4n) is 3.58. The molecule has 3 heterocycles. The van der Waals surface area contributed by atoms with Gasteiger partial charge in [0.15, 0.2) is 0 Å². The third kappa shape index (κ3) is 4.88. The molecular weight excluding hydrogens is 398 g/mol. The maximum atomic E-state index is 12.2. The zero-order valence-electron chi connectivity index (χ0n) is 17.4. The number of ether oxygens (including phenoxy) is 1. The maximum Gasteiger partial charge on any atom is 0.267 e.